The summed E-state index contributed by atoms with van der Waals surface area (Å²) in [6.45, 7) is 3.05. The van der Waals surface area contributed by atoms with Crippen LogP contribution < -0.4 is 10.1 Å². The summed E-state index contributed by atoms with van der Waals surface area (Å²) in [5.74, 6) is 3.30. The van der Waals surface area contributed by atoms with Gasteiger partial charge < -0.3 is 10.1 Å². The van der Waals surface area contributed by atoms with E-state index in [1.807, 2.05) is 48.5 Å². The zero-order valence-corrected chi connectivity index (χ0v) is 12.7. The summed E-state index contributed by atoms with van der Waals surface area (Å²) < 4.78 is 5.55. The van der Waals surface area contributed by atoms with Crippen molar-refractivity contribution in [3.63, 3.8) is 0 Å². The third-order valence-corrected chi connectivity index (χ3v) is 3.60. The van der Waals surface area contributed by atoms with Crippen molar-refractivity contribution in [3.05, 3.63) is 64.7 Å². The van der Waals surface area contributed by atoms with Crippen LogP contribution in [0.2, 0.25) is 5.02 Å². The highest BCUT2D eigenvalue weighted by Crippen LogP contribution is 2.24. The molecule has 0 saturated carbocycles. The molecule has 1 unspecified atom stereocenters. The molecule has 0 fully saturated rings. The van der Waals surface area contributed by atoms with E-state index in [9.17, 15) is 0 Å². The first-order valence-electron chi connectivity index (χ1n) is 6.84. The summed E-state index contributed by atoms with van der Waals surface area (Å²) in [4.78, 5) is 0. The molecule has 2 aromatic rings. The summed E-state index contributed by atoms with van der Waals surface area (Å²) in [5, 5.41) is 4.23. The standard InChI is InChI=1S/C18H18ClNO/c1-3-12-21-18-11-7-4-8-15(18)13-20-14(2)16-9-5-6-10-17(16)19/h1,4-11,14,20H,12-13H2,2H3. The molecule has 1 atom stereocenters. The van der Waals surface area contributed by atoms with Crippen LogP contribution in [-0.4, -0.2) is 6.61 Å². The van der Waals surface area contributed by atoms with Gasteiger partial charge in [0.2, 0.25) is 0 Å². The van der Waals surface area contributed by atoms with E-state index in [-0.39, 0.29) is 12.6 Å². The fraction of sp³-hybridized carbons (Fsp3) is 0.222. The molecule has 0 bridgehead atoms. The average Bonchev–Trinajstić information content (AvgIpc) is 2.52. The topological polar surface area (TPSA) is 21.3 Å². The van der Waals surface area contributed by atoms with Gasteiger partial charge in [-0.05, 0) is 24.6 Å². The zero-order valence-electron chi connectivity index (χ0n) is 12.0. The smallest absolute Gasteiger partial charge is 0.148 e. The van der Waals surface area contributed by atoms with Gasteiger partial charge in [-0.15, -0.1) is 6.42 Å². The molecule has 0 amide bonds. The van der Waals surface area contributed by atoms with Crippen molar-refractivity contribution in [3.8, 4) is 18.1 Å². The molecule has 1 N–H and O–H groups in total. The van der Waals surface area contributed by atoms with E-state index < -0.39 is 0 Å². The normalized spacial score (nSPS) is 11.7. The van der Waals surface area contributed by atoms with Crippen molar-refractivity contribution in [1.29, 1.82) is 0 Å². The maximum Gasteiger partial charge on any atom is 0.148 e. The van der Waals surface area contributed by atoms with E-state index in [4.69, 9.17) is 22.8 Å². The van der Waals surface area contributed by atoms with E-state index in [2.05, 4.69) is 18.2 Å². The largest absolute Gasteiger partial charge is 0.481 e. The van der Waals surface area contributed by atoms with Gasteiger partial charge in [0, 0.05) is 23.2 Å². The molecule has 0 saturated heterocycles. The van der Waals surface area contributed by atoms with Gasteiger partial charge in [0.1, 0.15) is 12.4 Å². The fourth-order valence-electron chi connectivity index (χ4n) is 2.11. The predicted molar refractivity (Wildman–Crippen MR) is 87.5 cm³/mol. The lowest BCUT2D eigenvalue weighted by Crippen LogP contribution is -2.19. The Morgan fingerprint density at radius 1 is 1.19 bits per heavy atom. The Morgan fingerprint density at radius 3 is 2.67 bits per heavy atom. The number of halogens is 1. The second-order valence-corrected chi connectivity index (χ2v) is 5.13. The molecule has 3 heteroatoms. The molecule has 0 heterocycles. The van der Waals surface area contributed by atoms with E-state index in [1.165, 1.54) is 0 Å². The Balaban J connectivity index is 2.03. The van der Waals surface area contributed by atoms with Crippen molar-refractivity contribution in [1.82, 2.24) is 5.32 Å². The molecule has 0 aliphatic carbocycles. The van der Waals surface area contributed by atoms with Crippen LogP contribution in [0.15, 0.2) is 48.5 Å². The molecule has 2 rings (SSSR count). The molecule has 0 aliphatic heterocycles. The summed E-state index contributed by atoms with van der Waals surface area (Å²) in [7, 11) is 0. The van der Waals surface area contributed by atoms with Crippen LogP contribution in [0.1, 0.15) is 24.1 Å². The highest BCUT2D eigenvalue weighted by Gasteiger charge is 2.10. The van der Waals surface area contributed by atoms with Crippen molar-refractivity contribution in [2.75, 3.05) is 6.61 Å². The third-order valence-electron chi connectivity index (χ3n) is 3.25. The Hall–Kier alpha value is -1.95. The molecular formula is C18H18ClNO. The second-order valence-electron chi connectivity index (χ2n) is 4.72. The number of ether oxygens (including phenoxy) is 1. The number of nitrogens with one attached hydrogen (secondary N) is 1. The highest BCUT2D eigenvalue weighted by atomic mass is 35.5. The first kappa shape index (κ1) is 15.4. The summed E-state index contributed by atoms with van der Waals surface area (Å²) in [5.41, 5.74) is 2.16. The molecule has 0 aliphatic rings. The van der Waals surface area contributed by atoms with Gasteiger partial charge in [0.25, 0.3) is 0 Å². The van der Waals surface area contributed by atoms with Gasteiger partial charge in [-0.3, -0.25) is 0 Å². The maximum absolute atomic E-state index is 6.21. The monoisotopic (exact) mass is 299 g/mol. The lowest BCUT2D eigenvalue weighted by atomic mass is 10.1. The molecule has 0 aromatic heterocycles. The minimum Gasteiger partial charge on any atom is -0.481 e. The van der Waals surface area contributed by atoms with Crippen LogP contribution in [0.3, 0.4) is 0 Å². The molecule has 2 nitrogen and oxygen atoms in total. The summed E-state index contributed by atoms with van der Waals surface area (Å²) in [6.07, 6.45) is 5.24. The number of terminal acetylenes is 1. The lowest BCUT2D eigenvalue weighted by molar-refractivity contribution is 0.364. The number of hydrogen-bond acceptors (Lipinski definition) is 2. The zero-order chi connectivity index (χ0) is 15.1. The van der Waals surface area contributed by atoms with Crippen LogP contribution in [0.25, 0.3) is 0 Å². The van der Waals surface area contributed by atoms with Gasteiger partial charge >= 0.3 is 0 Å². The van der Waals surface area contributed by atoms with Crippen molar-refractivity contribution in [2.45, 2.75) is 19.5 Å². The van der Waals surface area contributed by atoms with Crippen LogP contribution >= 0.6 is 11.6 Å². The summed E-state index contributed by atoms with van der Waals surface area (Å²) >= 11 is 6.21. The highest BCUT2D eigenvalue weighted by molar-refractivity contribution is 6.31. The van der Waals surface area contributed by atoms with Crippen molar-refractivity contribution >= 4 is 11.6 Å². The van der Waals surface area contributed by atoms with Crippen LogP contribution in [0, 0.1) is 12.3 Å². The van der Waals surface area contributed by atoms with Crippen LogP contribution in [0.4, 0.5) is 0 Å². The van der Waals surface area contributed by atoms with E-state index in [0.29, 0.717) is 6.54 Å². The van der Waals surface area contributed by atoms with Gasteiger partial charge in [-0.1, -0.05) is 53.9 Å². The Bertz CT molecular complexity index is 633. The van der Waals surface area contributed by atoms with Crippen LogP contribution in [-0.2, 0) is 6.54 Å². The van der Waals surface area contributed by atoms with E-state index >= 15 is 0 Å². The number of benzene rings is 2. The van der Waals surface area contributed by atoms with Crippen molar-refractivity contribution in [2.24, 2.45) is 0 Å². The Labute approximate surface area is 131 Å². The Kier molecular flexibility index (Phi) is 5.68. The van der Waals surface area contributed by atoms with Gasteiger partial charge in [0.05, 0.1) is 0 Å². The minimum absolute atomic E-state index is 0.152. The average molecular weight is 300 g/mol. The van der Waals surface area contributed by atoms with E-state index in [0.717, 1.165) is 21.9 Å². The maximum atomic E-state index is 6.21. The van der Waals surface area contributed by atoms with E-state index in [1.54, 1.807) is 0 Å². The molecule has 108 valence electrons. The first-order valence-corrected chi connectivity index (χ1v) is 7.22. The van der Waals surface area contributed by atoms with Gasteiger partial charge in [-0.2, -0.15) is 0 Å². The molecular weight excluding hydrogens is 282 g/mol. The molecule has 0 spiro atoms. The quantitative estimate of drug-likeness (QED) is 0.807. The number of rotatable bonds is 6. The van der Waals surface area contributed by atoms with Gasteiger partial charge in [-0.25, -0.2) is 0 Å². The molecule has 2 aromatic carbocycles. The number of para-hydroxylation sites is 1. The molecule has 0 radical (unpaired) electrons. The fourth-order valence-corrected chi connectivity index (χ4v) is 2.41. The Morgan fingerprint density at radius 2 is 1.90 bits per heavy atom. The SMILES string of the molecule is C#CCOc1ccccc1CNC(C)c1ccccc1Cl. The van der Waals surface area contributed by atoms with Crippen LogP contribution in [0.5, 0.6) is 5.75 Å². The predicted octanol–water partition coefficient (Wildman–Crippen LogP) is 4.20. The second kappa shape index (κ2) is 7.73. The third kappa shape index (κ3) is 4.26. The molecule has 21 heavy (non-hydrogen) atoms. The lowest BCUT2D eigenvalue weighted by Gasteiger charge is -2.17. The van der Waals surface area contributed by atoms with Gasteiger partial charge in [0.15, 0.2) is 0 Å². The number of hydrogen-bond donors (Lipinski definition) is 1. The van der Waals surface area contributed by atoms with Crippen molar-refractivity contribution < 1.29 is 4.74 Å². The summed E-state index contributed by atoms with van der Waals surface area (Å²) in [6, 6.07) is 15.9. The first-order chi connectivity index (χ1) is 10.2. The minimum atomic E-state index is 0.152.